The molecule has 0 heterocycles. The summed E-state index contributed by atoms with van der Waals surface area (Å²) in [6, 6.07) is 0. The van der Waals surface area contributed by atoms with Crippen molar-refractivity contribution in [2.75, 3.05) is 13.2 Å². The quantitative estimate of drug-likeness (QED) is 0.357. The van der Waals surface area contributed by atoms with Crippen LogP contribution in [0.25, 0.3) is 0 Å². The Kier molecular flexibility index (Phi) is 8.88. The molecule has 2 N–H and O–H groups in total. The molecule has 0 aromatic carbocycles. The van der Waals surface area contributed by atoms with E-state index in [4.69, 9.17) is 5.11 Å². The highest BCUT2D eigenvalue weighted by Crippen LogP contribution is 2.06. The fraction of sp³-hybridized carbons (Fsp3) is 0.778. The molecule has 1 atom stereocenters. The standard InChI is InChI=1S/C9H15N3O9/c13-8(10-5-4-9(14)15)3-1-2-7(21-12(18)19)6-20-11(16)17/h7H,1-6H2,(H,10,13)(H,14,15)/t7-/m0/s1. The maximum absolute atomic E-state index is 11.3. The summed E-state index contributed by atoms with van der Waals surface area (Å²) in [7, 11) is 0. The highest BCUT2D eigenvalue weighted by molar-refractivity contribution is 5.76. The number of carbonyl (C=O) groups excluding carboxylic acids is 1. The Bertz CT molecular complexity index is 387. The summed E-state index contributed by atoms with van der Waals surface area (Å²) in [5.74, 6) is -1.47. The van der Waals surface area contributed by atoms with Crippen molar-refractivity contribution < 1.29 is 34.5 Å². The third-order valence-corrected chi connectivity index (χ3v) is 2.19. The lowest BCUT2D eigenvalue weighted by Gasteiger charge is -2.13. The number of carbonyl (C=O) groups is 2. The van der Waals surface area contributed by atoms with E-state index in [2.05, 4.69) is 15.0 Å². The van der Waals surface area contributed by atoms with Gasteiger partial charge in [-0.3, -0.25) is 9.59 Å². The summed E-state index contributed by atoms with van der Waals surface area (Å²) in [5.41, 5.74) is 0. The van der Waals surface area contributed by atoms with Crippen molar-refractivity contribution >= 4 is 11.9 Å². The molecule has 12 nitrogen and oxygen atoms in total. The summed E-state index contributed by atoms with van der Waals surface area (Å²) in [6.45, 7) is -0.637. The van der Waals surface area contributed by atoms with Crippen LogP contribution in [0.4, 0.5) is 0 Å². The molecule has 0 aromatic heterocycles. The number of nitrogens with one attached hydrogen (secondary N) is 1. The van der Waals surface area contributed by atoms with Crippen molar-refractivity contribution in [2.24, 2.45) is 0 Å². The van der Waals surface area contributed by atoms with Crippen LogP contribution in [-0.4, -0.2) is 46.4 Å². The van der Waals surface area contributed by atoms with Crippen LogP contribution >= 0.6 is 0 Å². The second kappa shape index (κ2) is 10.2. The number of hydrogen-bond donors (Lipinski definition) is 2. The minimum atomic E-state index is -1.16. The Morgan fingerprint density at radius 1 is 1.19 bits per heavy atom. The first-order valence-electron chi connectivity index (χ1n) is 5.88. The predicted molar refractivity (Wildman–Crippen MR) is 63.9 cm³/mol. The molecule has 0 spiro atoms. The maximum atomic E-state index is 11.3. The van der Waals surface area contributed by atoms with Crippen molar-refractivity contribution in [2.45, 2.75) is 31.8 Å². The van der Waals surface area contributed by atoms with Crippen molar-refractivity contribution in [1.29, 1.82) is 0 Å². The van der Waals surface area contributed by atoms with Gasteiger partial charge in [0.05, 0.1) is 6.42 Å². The molecule has 1 amide bonds. The lowest BCUT2D eigenvalue weighted by Crippen LogP contribution is -2.27. The number of hydrogen-bond acceptors (Lipinski definition) is 8. The Morgan fingerprint density at radius 3 is 2.38 bits per heavy atom. The van der Waals surface area contributed by atoms with E-state index >= 15 is 0 Å². The number of aliphatic carboxylic acids is 1. The van der Waals surface area contributed by atoms with Crippen molar-refractivity contribution in [1.82, 2.24) is 5.32 Å². The molecular formula is C9H15N3O9. The molecule has 0 unspecified atom stereocenters. The van der Waals surface area contributed by atoms with Crippen LogP contribution < -0.4 is 5.32 Å². The molecule has 0 rings (SSSR count). The largest absolute Gasteiger partial charge is 0.481 e. The van der Waals surface area contributed by atoms with Gasteiger partial charge in [-0.25, -0.2) is 0 Å². The topological polar surface area (TPSA) is 171 Å². The van der Waals surface area contributed by atoms with Gasteiger partial charge in [0.25, 0.3) is 10.2 Å². The van der Waals surface area contributed by atoms with E-state index in [-0.39, 0.29) is 32.2 Å². The fourth-order valence-corrected chi connectivity index (χ4v) is 1.32. The van der Waals surface area contributed by atoms with E-state index in [9.17, 15) is 29.8 Å². The first-order valence-corrected chi connectivity index (χ1v) is 5.88. The van der Waals surface area contributed by atoms with Gasteiger partial charge in [0.2, 0.25) is 5.91 Å². The van der Waals surface area contributed by atoms with Crippen molar-refractivity contribution in [3.8, 4) is 0 Å². The number of carboxylic acids is 1. The zero-order valence-electron chi connectivity index (χ0n) is 10.9. The van der Waals surface area contributed by atoms with E-state index in [0.29, 0.717) is 0 Å². The molecule has 12 heteroatoms. The van der Waals surface area contributed by atoms with E-state index in [1.54, 1.807) is 0 Å². The van der Waals surface area contributed by atoms with Gasteiger partial charge in [0.1, 0.15) is 12.7 Å². The van der Waals surface area contributed by atoms with E-state index in [1.807, 2.05) is 0 Å². The zero-order valence-corrected chi connectivity index (χ0v) is 10.9. The summed E-state index contributed by atoms with van der Waals surface area (Å²) in [6.07, 6.45) is -1.22. The van der Waals surface area contributed by atoms with Gasteiger partial charge in [-0.2, -0.15) is 0 Å². The Morgan fingerprint density at radius 2 is 1.86 bits per heavy atom. The molecule has 0 aliphatic carbocycles. The van der Waals surface area contributed by atoms with Crippen molar-refractivity contribution in [3.05, 3.63) is 20.2 Å². The van der Waals surface area contributed by atoms with Gasteiger partial charge in [-0.05, 0) is 12.8 Å². The Balaban J connectivity index is 3.94. The van der Waals surface area contributed by atoms with Crippen LogP contribution in [0.5, 0.6) is 0 Å². The van der Waals surface area contributed by atoms with E-state index < -0.39 is 34.8 Å². The van der Waals surface area contributed by atoms with Crippen LogP contribution in [0.2, 0.25) is 0 Å². The highest BCUT2D eigenvalue weighted by Gasteiger charge is 2.16. The molecule has 0 saturated carbocycles. The molecule has 0 saturated heterocycles. The summed E-state index contributed by atoms with van der Waals surface area (Å²) in [4.78, 5) is 49.8. The van der Waals surface area contributed by atoms with Gasteiger partial charge in [-0.1, -0.05) is 0 Å². The first kappa shape index (κ1) is 18.3. The number of nitrogens with zero attached hydrogens (tertiary/aromatic N) is 2. The maximum Gasteiger partial charge on any atom is 0.305 e. The van der Waals surface area contributed by atoms with Gasteiger partial charge in [0.15, 0.2) is 0 Å². The number of carboxylic acid groups (broad SMARTS) is 1. The molecule has 0 aliphatic heterocycles. The van der Waals surface area contributed by atoms with E-state index in [0.717, 1.165) is 0 Å². The van der Waals surface area contributed by atoms with Crippen LogP contribution in [0.15, 0.2) is 0 Å². The fourth-order valence-electron chi connectivity index (χ4n) is 1.32. The monoisotopic (exact) mass is 309 g/mol. The average molecular weight is 309 g/mol. The third kappa shape index (κ3) is 12.1. The molecule has 120 valence electrons. The lowest BCUT2D eigenvalue weighted by molar-refractivity contribution is -0.790. The highest BCUT2D eigenvalue weighted by atomic mass is 17.0. The summed E-state index contributed by atoms with van der Waals surface area (Å²) in [5, 5.41) is 28.7. The minimum absolute atomic E-state index is 0.00116. The molecule has 0 bridgehead atoms. The zero-order chi connectivity index (χ0) is 16.3. The summed E-state index contributed by atoms with van der Waals surface area (Å²) < 4.78 is 0. The van der Waals surface area contributed by atoms with E-state index in [1.165, 1.54) is 0 Å². The second-order valence-corrected chi connectivity index (χ2v) is 3.86. The Hall–Kier alpha value is -2.66. The SMILES string of the molecule is O=C(O)CCNC(=O)CCC[C@@H](CO[N+](=O)[O-])O[N+](=O)[O-]. The lowest BCUT2D eigenvalue weighted by atomic mass is 10.1. The van der Waals surface area contributed by atoms with Crippen LogP contribution in [-0.2, 0) is 19.3 Å². The predicted octanol–water partition coefficient (Wildman–Crippen LogP) is -0.467. The first-order chi connectivity index (χ1) is 9.81. The van der Waals surface area contributed by atoms with Gasteiger partial charge < -0.3 is 20.1 Å². The van der Waals surface area contributed by atoms with Crippen LogP contribution in [0, 0.1) is 20.2 Å². The van der Waals surface area contributed by atoms with Gasteiger partial charge >= 0.3 is 5.97 Å². The smallest absolute Gasteiger partial charge is 0.305 e. The van der Waals surface area contributed by atoms with Crippen LogP contribution in [0.3, 0.4) is 0 Å². The van der Waals surface area contributed by atoms with Crippen LogP contribution in [0.1, 0.15) is 25.7 Å². The van der Waals surface area contributed by atoms with Crippen molar-refractivity contribution in [3.63, 3.8) is 0 Å². The molecular weight excluding hydrogens is 294 g/mol. The van der Waals surface area contributed by atoms with Gasteiger partial charge in [0, 0.05) is 13.0 Å². The molecule has 21 heavy (non-hydrogen) atoms. The van der Waals surface area contributed by atoms with Gasteiger partial charge in [-0.15, -0.1) is 20.2 Å². The normalized spacial score (nSPS) is 11.2. The third-order valence-electron chi connectivity index (χ3n) is 2.19. The second-order valence-electron chi connectivity index (χ2n) is 3.86. The number of amides is 1. The minimum Gasteiger partial charge on any atom is -0.481 e. The summed E-state index contributed by atoms with van der Waals surface area (Å²) >= 11 is 0. The molecule has 0 fully saturated rings. The molecule has 0 aromatic rings. The molecule has 0 aliphatic rings. The average Bonchev–Trinajstić information content (AvgIpc) is 2.34. The Labute approximate surface area is 118 Å². The molecule has 0 radical (unpaired) electrons. The number of rotatable bonds is 12.